The molecule has 192 valence electrons. The molecule has 0 fully saturated rings. The summed E-state index contributed by atoms with van der Waals surface area (Å²) < 4.78 is 11.1. The van der Waals surface area contributed by atoms with Gasteiger partial charge >= 0.3 is 11.8 Å². The average molecular weight is 503 g/mol. The highest BCUT2D eigenvalue weighted by molar-refractivity contribution is 6.39. The van der Waals surface area contributed by atoms with Crippen molar-refractivity contribution in [3.8, 4) is 11.5 Å². The summed E-state index contributed by atoms with van der Waals surface area (Å²) in [6, 6.07) is 23.2. The zero-order valence-electron chi connectivity index (χ0n) is 20.6. The summed E-state index contributed by atoms with van der Waals surface area (Å²) in [5.41, 5.74) is 4.26. The van der Waals surface area contributed by atoms with Gasteiger partial charge in [-0.15, -0.1) is 0 Å². The quantitative estimate of drug-likeness (QED) is 0.151. The summed E-state index contributed by atoms with van der Waals surface area (Å²) in [6.07, 6.45) is 3.37. The van der Waals surface area contributed by atoms with E-state index in [9.17, 15) is 14.4 Å². The second-order valence-electron chi connectivity index (χ2n) is 8.00. The van der Waals surface area contributed by atoms with Gasteiger partial charge in [-0.3, -0.25) is 14.4 Å². The maximum atomic E-state index is 12.1. The highest BCUT2D eigenvalue weighted by Gasteiger charge is 2.13. The Balaban J connectivity index is 1.41. The van der Waals surface area contributed by atoms with Crippen LogP contribution in [0.5, 0.6) is 11.5 Å². The van der Waals surface area contributed by atoms with Crippen LogP contribution in [0, 0.1) is 0 Å². The first-order chi connectivity index (χ1) is 18.0. The van der Waals surface area contributed by atoms with Gasteiger partial charge in [0.1, 0.15) is 11.5 Å². The van der Waals surface area contributed by atoms with Gasteiger partial charge in [0.25, 0.3) is 5.91 Å². The van der Waals surface area contributed by atoms with Crippen molar-refractivity contribution in [2.45, 2.75) is 26.3 Å². The van der Waals surface area contributed by atoms with Crippen molar-refractivity contribution in [3.63, 3.8) is 0 Å². The molecule has 0 aliphatic carbocycles. The molecule has 0 bridgehead atoms. The number of rotatable bonds is 12. The Labute approximate surface area is 215 Å². The third kappa shape index (κ3) is 9.85. The van der Waals surface area contributed by atoms with E-state index in [1.807, 2.05) is 30.3 Å². The zero-order chi connectivity index (χ0) is 26.3. The number of carbonyl (C=O) groups is 3. The molecule has 3 aromatic rings. The smallest absolute Gasteiger partial charge is 0.329 e. The number of nitrogens with zero attached hydrogens (tertiary/aromatic N) is 1. The second kappa shape index (κ2) is 14.7. The minimum Gasteiger partial charge on any atom is -0.494 e. The fourth-order valence-corrected chi connectivity index (χ4v) is 3.05. The number of amides is 3. The summed E-state index contributed by atoms with van der Waals surface area (Å²) in [4.78, 5) is 36.2. The molecule has 9 nitrogen and oxygen atoms in total. The number of hydrazone groups is 1. The topological polar surface area (TPSA) is 118 Å². The molecule has 0 aliphatic heterocycles. The molecule has 0 aliphatic rings. The summed E-state index contributed by atoms with van der Waals surface area (Å²) in [5.74, 6) is -0.859. The maximum absolute atomic E-state index is 12.1. The fraction of sp³-hybridized carbons (Fsp3) is 0.214. The summed E-state index contributed by atoms with van der Waals surface area (Å²) in [7, 11) is 0. The normalized spacial score (nSPS) is 10.5. The highest BCUT2D eigenvalue weighted by Crippen LogP contribution is 2.16. The van der Waals surface area contributed by atoms with E-state index < -0.39 is 11.8 Å². The maximum Gasteiger partial charge on any atom is 0.329 e. The van der Waals surface area contributed by atoms with Crippen LogP contribution in [0.3, 0.4) is 0 Å². The van der Waals surface area contributed by atoms with Gasteiger partial charge in [-0.05, 0) is 53.9 Å². The monoisotopic (exact) mass is 502 g/mol. The first kappa shape index (κ1) is 26.9. The van der Waals surface area contributed by atoms with Gasteiger partial charge in [-0.25, -0.2) is 5.43 Å². The third-order valence-electron chi connectivity index (χ3n) is 5.03. The molecule has 0 atom stereocenters. The van der Waals surface area contributed by atoms with Crippen LogP contribution in [0.4, 0.5) is 5.69 Å². The Morgan fingerprint density at radius 1 is 0.865 bits per heavy atom. The summed E-state index contributed by atoms with van der Waals surface area (Å²) >= 11 is 0. The highest BCUT2D eigenvalue weighted by atomic mass is 16.5. The molecule has 0 saturated heterocycles. The minimum atomic E-state index is -0.915. The summed E-state index contributed by atoms with van der Waals surface area (Å²) in [5, 5.41) is 9.11. The van der Waals surface area contributed by atoms with E-state index in [0.29, 0.717) is 35.9 Å². The minimum absolute atomic E-state index is 0.143. The molecule has 0 radical (unpaired) electrons. The lowest BCUT2D eigenvalue weighted by Gasteiger charge is -2.08. The van der Waals surface area contributed by atoms with Crippen LogP contribution in [0.2, 0.25) is 0 Å². The van der Waals surface area contributed by atoms with E-state index >= 15 is 0 Å². The van der Waals surface area contributed by atoms with Crippen LogP contribution in [0.15, 0.2) is 84.0 Å². The van der Waals surface area contributed by atoms with Crippen LogP contribution in [0.25, 0.3) is 0 Å². The van der Waals surface area contributed by atoms with Crippen LogP contribution in [-0.2, 0) is 20.9 Å². The van der Waals surface area contributed by atoms with Crippen molar-refractivity contribution < 1.29 is 23.9 Å². The van der Waals surface area contributed by atoms with Crippen molar-refractivity contribution in [1.29, 1.82) is 0 Å². The number of hydrogen-bond acceptors (Lipinski definition) is 6. The first-order valence-corrected chi connectivity index (χ1v) is 11.9. The van der Waals surface area contributed by atoms with Crippen molar-refractivity contribution in [1.82, 2.24) is 10.7 Å². The van der Waals surface area contributed by atoms with Gasteiger partial charge in [-0.2, -0.15) is 5.10 Å². The van der Waals surface area contributed by atoms with E-state index in [2.05, 4.69) is 28.1 Å². The van der Waals surface area contributed by atoms with Gasteiger partial charge < -0.3 is 20.1 Å². The number of benzene rings is 3. The standard InChI is InChI=1S/C28H30N4O5/c1-2-3-16-36-24-14-12-23(13-15-24)31-27(34)28(35)32-30-19-22-10-7-11-25(17-22)37-20-26(33)29-18-21-8-5-4-6-9-21/h4-15,17,19H,2-3,16,18,20H2,1H3,(H,29,33)(H,31,34)(H,32,35)/b30-19-. The lowest BCUT2D eigenvalue weighted by molar-refractivity contribution is -0.136. The van der Waals surface area contributed by atoms with E-state index in [0.717, 1.165) is 18.4 Å². The Morgan fingerprint density at radius 3 is 2.41 bits per heavy atom. The molecule has 3 amide bonds. The Morgan fingerprint density at radius 2 is 1.65 bits per heavy atom. The molecule has 0 saturated carbocycles. The molecule has 3 aromatic carbocycles. The Hall–Kier alpha value is -4.66. The molecule has 0 spiro atoms. The van der Waals surface area contributed by atoms with Gasteiger partial charge in [0.15, 0.2) is 6.61 Å². The van der Waals surface area contributed by atoms with Crippen molar-refractivity contribution >= 4 is 29.6 Å². The number of hydrogen-bond donors (Lipinski definition) is 3. The number of nitrogens with one attached hydrogen (secondary N) is 3. The van der Waals surface area contributed by atoms with Crippen molar-refractivity contribution in [2.75, 3.05) is 18.5 Å². The lowest BCUT2D eigenvalue weighted by Crippen LogP contribution is -2.32. The van der Waals surface area contributed by atoms with Crippen molar-refractivity contribution in [3.05, 3.63) is 90.0 Å². The molecule has 0 unspecified atom stereocenters. The van der Waals surface area contributed by atoms with Crippen LogP contribution < -0.4 is 25.5 Å². The van der Waals surface area contributed by atoms with E-state index in [-0.39, 0.29) is 12.5 Å². The van der Waals surface area contributed by atoms with E-state index in [4.69, 9.17) is 9.47 Å². The van der Waals surface area contributed by atoms with Gasteiger partial charge in [0.2, 0.25) is 0 Å². The second-order valence-corrected chi connectivity index (χ2v) is 8.00. The van der Waals surface area contributed by atoms with E-state index in [1.54, 1.807) is 48.5 Å². The van der Waals surface area contributed by atoms with Crippen LogP contribution in [0.1, 0.15) is 30.9 Å². The first-order valence-electron chi connectivity index (χ1n) is 11.9. The molecule has 0 heterocycles. The molecule has 3 rings (SSSR count). The Kier molecular flexibility index (Phi) is 10.7. The van der Waals surface area contributed by atoms with E-state index in [1.165, 1.54) is 6.21 Å². The molecule has 3 N–H and O–H groups in total. The predicted octanol–water partition coefficient (Wildman–Crippen LogP) is 3.65. The largest absolute Gasteiger partial charge is 0.494 e. The lowest BCUT2D eigenvalue weighted by atomic mass is 10.2. The SMILES string of the molecule is CCCCOc1ccc(NC(=O)C(=O)N/N=C\c2cccc(OCC(=O)NCc3ccccc3)c2)cc1. The molecular weight excluding hydrogens is 472 g/mol. The number of anilines is 1. The van der Waals surface area contributed by atoms with Crippen LogP contribution in [-0.4, -0.2) is 37.1 Å². The van der Waals surface area contributed by atoms with Gasteiger partial charge in [0.05, 0.1) is 12.8 Å². The zero-order valence-corrected chi connectivity index (χ0v) is 20.6. The van der Waals surface area contributed by atoms with Crippen LogP contribution >= 0.6 is 0 Å². The molecule has 37 heavy (non-hydrogen) atoms. The number of unbranched alkanes of at least 4 members (excludes halogenated alkanes) is 1. The van der Waals surface area contributed by atoms with Crippen molar-refractivity contribution in [2.24, 2.45) is 5.10 Å². The third-order valence-corrected chi connectivity index (χ3v) is 5.03. The molecule has 9 heteroatoms. The molecule has 0 aromatic heterocycles. The predicted molar refractivity (Wildman–Crippen MR) is 141 cm³/mol. The number of ether oxygens (including phenoxy) is 2. The Bertz CT molecular complexity index is 1200. The van der Waals surface area contributed by atoms with Gasteiger partial charge in [-0.1, -0.05) is 55.8 Å². The fourth-order valence-electron chi connectivity index (χ4n) is 3.05. The summed E-state index contributed by atoms with van der Waals surface area (Å²) in [6.45, 7) is 2.99. The number of carbonyl (C=O) groups excluding carboxylic acids is 3. The van der Waals surface area contributed by atoms with Gasteiger partial charge in [0, 0.05) is 12.2 Å². The average Bonchev–Trinajstić information content (AvgIpc) is 2.92. The molecular formula is C28H30N4O5.